The second-order valence-electron chi connectivity index (χ2n) is 5.13. The second kappa shape index (κ2) is 5.83. The Hall–Kier alpha value is -0.900. The van der Waals surface area contributed by atoms with Crippen LogP contribution in [0.2, 0.25) is 0 Å². The van der Waals surface area contributed by atoms with Gasteiger partial charge in [0.2, 0.25) is 0 Å². The normalized spacial score (nSPS) is 21.9. The lowest BCUT2D eigenvalue weighted by molar-refractivity contribution is -0.131. The maximum atomic E-state index is 10.2. The zero-order valence-corrected chi connectivity index (χ0v) is 11.4. The standard InChI is InChI=1S/C15H22O3/c1-10-6-11(2)13(12(3)7-10)8-14(16)15-9-17-4-5-18-15/h6-7,14-16H,4-5,8-9H2,1-3H3. The topological polar surface area (TPSA) is 38.7 Å². The van der Waals surface area contributed by atoms with E-state index in [0.29, 0.717) is 26.2 Å². The van der Waals surface area contributed by atoms with Crippen LogP contribution < -0.4 is 0 Å². The molecule has 1 aromatic carbocycles. The van der Waals surface area contributed by atoms with Gasteiger partial charge in [-0.2, -0.15) is 0 Å². The third-order valence-corrected chi connectivity index (χ3v) is 3.52. The van der Waals surface area contributed by atoms with E-state index in [1.807, 2.05) is 0 Å². The molecule has 0 spiro atoms. The van der Waals surface area contributed by atoms with Crippen molar-refractivity contribution >= 4 is 0 Å². The van der Waals surface area contributed by atoms with Gasteiger partial charge in [-0.1, -0.05) is 17.7 Å². The van der Waals surface area contributed by atoms with Crippen LogP contribution in [-0.2, 0) is 15.9 Å². The number of aliphatic hydroxyl groups is 1. The van der Waals surface area contributed by atoms with Gasteiger partial charge in [0.25, 0.3) is 0 Å². The summed E-state index contributed by atoms with van der Waals surface area (Å²) in [6.07, 6.45) is -0.0596. The summed E-state index contributed by atoms with van der Waals surface area (Å²) in [7, 11) is 0. The van der Waals surface area contributed by atoms with Gasteiger partial charge in [-0.3, -0.25) is 0 Å². The molecule has 3 heteroatoms. The van der Waals surface area contributed by atoms with E-state index in [1.54, 1.807) is 0 Å². The Labute approximate surface area is 109 Å². The predicted molar refractivity (Wildman–Crippen MR) is 70.9 cm³/mol. The molecule has 1 fully saturated rings. The van der Waals surface area contributed by atoms with Crippen LogP contribution in [-0.4, -0.2) is 37.1 Å². The van der Waals surface area contributed by atoms with E-state index in [4.69, 9.17) is 9.47 Å². The summed E-state index contributed by atoms with van der Waals surface area (Å²) in [5, 5.41) is 10.2. The minimum Gasteiger partial charge on any atom is -0.390 e. The molecule has 0 radical (unpaired) electrons. The lowest BCUT2D eigenvalue weighted by atomic mass is 9.94. The van der Waals surface area contributed by atoms with E-state index in [1.165, 1.54) is 22.3 Å². The SMILES string of the molecule is Cc1cc(C)c(CC(O)C2COCCO2)c(C)c1. The molecule has 0 aliphatic carbocycles. The van der Waals surface area contributed by atoms with Crippen molar-refractivity contribution in [3.8, 4) is 0 Å². The van der Waals surface area contributed by atoms with Crippen LogP contribution in [0.1, 0.15) is 22.3 Å². The van der Waals surface area contributed by atoms with Gasteiger partial charge < -0.3 is 14.6 Å². The molecule has 0 saturated carbocycles. The largest absolute Gasteiger partial charge is 0.390 e. The highest BCUT2D eigenvalue weighted by atomic mass is 16.6. The molecular formula is C15H22O3. The first kappa shape index (κ1) is 13.5. The Morgan fingerprint density at radius 2 is 1.89 bits per heavy atom. The summed E-state index contributed by atoms with van der Waals surface area (Å²) in [4.78, 5) is 0. The minimum atomic E-state index is -0.495. The van der Waals surface area contributed by atoms with Crippen molar-refractivity contribution in [2.75, 3.05) is 19.8 Å². The molecule has 1 heterocycles. The number of ether oxygens (including phenoxy) is 2. The van der Waals surface area contributed by atoms with Crippen molar-refractivity contribution in [1.82, 2.24) is 0 Å². The summed E-state index contributed by atoms with van der Waals surface area (Å²) in [5.41, 5.74) is 4.97. The molecule has 1 aliphatic rings. The molecule has 0 bridgehead atoms. The highest BCUT2D eigenvalue weighted by molar-refractivity contribution is 5.37. The van der Waals surface area contributed by atoms with Gasteiger partial charge >= 0.3 is 0 Å². The molecule has 2 rings (SSSR count). The van der Waals surface area contributed by atoms with E-state index < -0.39 is 6.10 Å². The average Bonchev–Trinajstić information content (AvgIpc) is 2.34. The summed E-state index contributed by atoms with van der Waals surface area (Å²) >= 11 is 0. The fourth-order valence-corrected chi connectivity index (χ4v) is 2.60. The summed E-state index contributed by atoms with van der Waals surface area (Å²) in [5.74, 6) is 0. The maximum absolute atomic E-state index is 10.2. The van der Waals surface area contributed by atoms with Crippen molar-refractivity contribution in [3.63, 3.8) is 0 Å². The Morgan fingerprint density at radius 3 is 2.44 bits per heavy atom. The van der Waals surface area contributed by atoms with Gasteiger partial charge in [0.15, 0.2) is 0 Å². The number of hydrogen-bond donors (Lipinski definition) is 1. The first-order chi connectivity index (χ1) is 8.58. The van der Waals surface area contributed by atoms with Crippen molar-refractivity contribution in [2.45, 2.75) is 39.4 Å². The molecular weight excluding hydrogens is 228 g/mol. The number of aryl methyl sites for hydroxylation is 3. The second-order valence-corrected chi connectivity index (χ2v) is 5.13. The molecule has 1 N–H and O–H groups in total. The third kappa shape index (κ3) is 3.10. The molecule has 2 atom stereocenters. The molecule has 2 unspecified atom stereocenters. The maximum Gasteiger partial charge on any atom is 0.107 e. The van der Waals surface area contributed by atoms with Crippen LogP contribution in [0.3, 0.4) is 0 Å². The zero-order valence-electron chi connectivity index (χ0n) is 11.4. The van der Waals surface area contributed by atoms with Crippen LogP contribution in [0.5, 0.6) is 0 Å². The lowest BCUT2D eigenvalue weighted by Crippen LogP contribution is -2.39. The Kier molecular flexibility index (Phi) is 4.38. The highest BCUT2D eigenvalue weighted by Crippen LogP contribution is 2.20. The van der Waals surface area contributed by atoms with E-state index in [0.717, 1.165) is 0 Å². The van der Waals surface area contributed by atoms with Crippen LogP contribution >= 0.6 is 0 Å². The van der Waals surface area contributed by atoms with Crippen molar-refractivity contribution in [3.05, 3.63) is 34.4 Å². The molecule has 1 saturated heterocycles. The first-order valence-corrected chi connectivity index (χ1v) is 6.52. The molecule has 1 aliphatic heterocycles. The molecule has 1 aromatic rings. The number of aliphatic hydroxyl groups excluding tert-OH is 1. The Bertz CT molecular complexity index is 385. The monoisotopic (exact) mass is 250 g/mol. The number of hydrogen-bond acceptors (Lipinski definition) is 3. The van der Waals surface area contributed by atoms with Crippen molar-refractivity contribution in [2.24, 2.45) is 0 Å². The summed E-state index contributed by atoms with van der Waals surface area (Å²) in [6.45, 7) is 7.99. The number of rotatable bonds is 3. The van der Waals surface area contributed by atoms with Crippen LogP contribution in [0.15, 0.2) is 12.1 Å². The lowest BCUT2D eigenvalue weighted by Gasteiger charge is -2.28. The molecule has 0 aromatic heterocycles. The van der Waals surface area contributed by atoms with Crippen molar-refractivity contribution in [1.29, 1.82) is 0 Å². The molecule has 100 valence electrons. The van der Waals surface area contributed by atoms with E-state index in [-0.39, 0.29) is 6.10 Å². The average molecular weight is 250 g/mol. The highest BCUT2D eigenvalue weighted by Gasteiger charge is 2.24. The first-order valence-electron chi connectivity index (χ1n) is 6.52. The fourth-order valence-electron chi connectivity index (χ4n) is 2.60. The summed E-state index contributed by atoms with van der Waals surface area (Å²) < 4.78 is 10.9. The quantitative estimate of drug-likeness (QED) is 0.891. The third-order valence-electron chi connectivity index (χ3n) is 3.52. The predicted octanol–water partition coefficient (Wildman–Crippen LogP) is 1.93. The number of benzene rings is 1. The van der Waals surface area contributed by atoms with E-state index in [9.17, 15) is 5.11 Å². The molecule has 18 heavy (non-hydrogen) atoms. The van der Waals surface area contributed by atoms with Crippen LogP contribution in [0.25, 0.3) is 0 Å². The fraction of sp³-hybridized carbons (Fsp3) is 0.600. The zero-order chi connectivity index (χ0) is 13.1. The Morgan fingerprint density at radius 1 is 1.22 bits per heavy atom. The summed E-state index contributed by atoms with van der Waals surface area (Å²) in [6, 6.07) is 4.32. The van der Waals surface area contributed by atoms with Crippen molar-refractivity contribution < 1.29 is 14.6 Å². The van der Waals surface area contributed by atoms with Crippen LogP contribution in [0.4, 0.5) is 0 Å². The Balaban J connectivity index is 2.08. The smallest absolute Gasteiger partial charge is 0.107 e. The van der Waals surface area contributed by atoms with E-state index in [2.05, 4.69) is 32.9 Å². The van der Waals surface area contributed by atoms with Gasteiger partial charge in [0, 0.05) is 6.42 Å². The van der Waals surface area contributed by atoms with Gasteiger partial charge in [0.1, 0.15) is 6.10 Å². The van der Waals surface area contributed by atoms with E-state index >= 15 is 0 Å². The minimum absolute atomic E-state index is 0.196. The van der Waals surface area contributed by atoms with Gasteiger partial charge in [-0.15, -0.1) is 0 Å². The molecule has 3 nitrogen and oxygen atoms in total. The van der Waals surface area contributed by atoms with Gasteiger partial charge in [-0.25, -0.2) is 0 Å². The van der Waals surface area contributed by atoms with Gasteiger partial charge in [-0.05, 0) is 37.5 Å². The van der Waals surface area contributed by atoms with Crippen LogP contribution in [0, 0.1) is 20.8 Å². The van der Waals surface area contributed by atoms with Gasteiger partial charge in [0.05, 0.1) is 25.9 Å². The molecule has 0 amide bonds.